The molecule has 1 fully saturated rings. The number of carboxylic acid groups (broad SMARTS) is 1. The molecule has 1 aliphatic rings. The minimum Gasteiger partial charge on any atom is -0.481 e. The molecule has 1 saturated heterocycles. The van der Waals surface area contributed by atoms with Gasteiger partial charge >= 0.3 is 5.97 Å². The predicted octanol–water partition coefficient (Wildman–Crippen LogP) is 2.47. The number of carbonyl (C=O) groups excluding carboxylic acids is 1. The summed E-state index contributed by atoms with van der Waals surface area (Å²) >= 11 is 3.37. The van der Waals surface area contributed by atoms with Gasteiger partial charge in [-0.2, -0.15) is 0 Å². The van der Waals surface area contributed by atoms with Crippen LogP contribution in [0.1, 0.15) is 24.8 Å². The zero-order chi connectivity index (χ0) is 15.9. The molecule has 1 amide bonds. The lowest BCUT2D eigenvalue weighted by Crippen LogP contribution is -2.45. The molecule has 0 aliphatic carbocycles. The number of hydrogen-bond donors (Lipinski definition) is 1. The van der Waals surface area contributed by atoms with Gasteiger partial charge in [0.1, 0.15) is 0 Å². The molecule has 0 spiro atoms. The number of halogens is 1. The van der Waals surface area contributed by atoms with Crippen LogP contribution < -0.4 is 0 Å². The van der Waals surface area contributed by atoms with Crippen molar-refractivity contribution in [3.05, 3.63) is 34.3 Å². The van der Waals surface area contributed by atoms with E-state index in [1.165, 1.54) is 0 Å². The lowest BCUT2D eigenvalue weighted by atomic mass is 10.0. The Bertz CT molecular complexity index is 511. The Morgan fingerprint density at radius 3 is 2.45 bits per heavy atom. The van der Waals surface area contributed by atoms with Gasteiger partial charge in [-0.05, 0) is 30.5 Å². The standard InChI is InChI=1S/C16H20BrNO4/c17-13-3-1-12(2-4-13)11-15(19)18(8-5-16(20)21)14-6-9-22-10-7-14/h1-4,14H,5-11H2,(H,20,21). The first-order valence-electron chi connectivity index (χ1n) is 7.39. The number of nitrogens with zero attached hydrogens (tertiary/aromatic N) is 1. The third-order valence-electron chi connectivity index (χ3n) is 3.79. The van der Waals surface area contributed by atoms with E-state index in [9.17, 15) is 9.59 Å². The van der Waals surface area contributed by atoms with Gasteiger partial charge in [0.25, 0.3) is 0 Å². The zero-order valence-electron chi connectivity index (χ0n) is 12.3. The van der Waals surface area contributed by atoms with Crippen LogP contribution >= 0.6 is 15.9 Å². The SMILES string of the molecule is O=C(O)CCN(C(=O)Cc1ccc(Br)cc1)C1CCOCC1. The summed E-state index contributed by atoms with van der Waals surface area (Å²) in [5, 5.41) is 8.89. The van der Waals surface area contributed by atoms with Crippen LogP contribution in [0, 0.1) is 0 Å². The van der Waals surface area contributed by atoms with Crippen molar-refractivity contribution in [3.63, 3.8) is 0 Å². The van der Waals surface area contributed by atoms with Crippen molar-refractivity contribution < 1.29 is 19.4 Å². The first-order valence-corrected chi connectivity index (χ1v) is 8.19. The number of carbonyl (C=O) groups is 2. The van der Waals surface area contributed by atoms with Crippen molar-refractivity contribution in [2.24, 2.45) is 0 Å². The van der Waals surface area contributed by atoms with E-state index in [1.54, 1.807) is 4.90 Å². The highest BCUT2D eigenvalue weighted by Crippen LogP contribution is 2.17. The molecule has 1 heterocycles. The first-order chi connectivity index (χ1) is 10.6. The molecule has 1 aromatic rings. The van der Waals surface area contributed by atoms with Crippen LogP contribution in [0.4, 0.5) is 0 Å². The van der Waals surface area contributed by atoms with Gasteiger partial charge in [0.05, 0.1) is 12.8 Å². The van der Waals surface area contributed by atoms with Crippen LogP contribution in [0.2, 0.25) is 0 Å². The summed E-state index contributed by atoms with van der Waals surface area (Å²) < 4.78 is 6.30. The predicted molar refractivity (Wildman–Crippen MR) is 85.7 cm³/mol. The quantitative estimate of drug-likeness (QED) is 0.836. The molecule has 0 unspecified atom stereocenters. The van der Waals surface area contributed by atoms with Gasteiger partial charge in [-0.1, -0.05) is 28.1 Å². The van der Waals surface area contributed by atoms with Gasteiger partial charge < -0.3 is 14.7 Å². The highest BCUT2D eigenvalue weighted by molar-refractivity contribution is 9.10. The zero-order valence-corrected chi connectivity index (χ0v) is 13.9. The molecule has 22 heavy (non-hydrogen) atoms. The normalized spacial score (nSPS) is 15.5. The number of carboxylic acids is 1. The molecule has 0 bridgehead atoms. The molecule has 1 aromatic carbocycles. The van der Waals surface area contributed by atoms with E-state index in [4.69, 9.17) is 9.84 Å². The number of rotatable bonds is 6. The molecule has 1 N–H and O–H groups in total. The summed E-state index contributed by atoms with van der Waals surface area (Å²) in [5.74, 6) is -0.899. The largest absolute Gasteiger partial charge is 0.481 e. The molecule has 0 saturated carbocycles. The fraction of sp³-hybridized carbons (Fsp3) is 0.500. The number of benzene rings is 1. The topological polar surface area (TPSA) is 66.8 Å². The molecule has 120 valence electrons. The summed E-state index contributed by atoms with van der Waals surface area (Å²) in [6, 6.07) is 7.69. The maximum absolute atomic E-state index is 12.6. The summed E-state index contributed by atoms with van der Waals surface area (Å²) in [7, 11) is 0. The van der Waals surface area contributed by atoms with Crippen LogP contribution in [-0.2, 0) is 20.7 Å². The number of aliphatic carboxylic acids is 1. The van der Waals surface area contributed by atoms with Gasteiger partial charge in [0.2, 0.25) is 5.91 Å². The smallest absolute Gasteiger partial charge is 0.305 e. The Morgan fingerprint density at radius 2 is 1.86 bits per heavy atom. The molecule has 0 radical (unpaired) electrons. The number of ether oxygens (including phenoxy) is 1. The second-order valence-electron chi connectivity index (χ2n) is 5.38. The van der Waals surface area contributed by atoms with Gasteiger partial charge in [0.15, 0.2) is 0 Å². The maximum Gasteiger partial charge on any atom is 0.305 e. The number of amides is 1. The van der Waals surface area contributed by atoms with Gasteiger partial charge in [0, 0.05) is 30.3 Å². The average molecular weight is 370 g/mol. The highest BCUT2D eigenvalue weighted by Gasteiger charge is 2.26. The minimum absolute atomic E-state index is 0.0181. The molecule has 5 nitrogen and oxygen atoms in total. The van der Waals surface area contributed by atoms with Crippen molar-refractivity contribution >= 4 is 27.8 Å². The van der Waals surface area contributed by atoms with Crippen molar-refractivity contribution in [1.82, 2.24) is 4.90 Å². The van der Waals surface area contributed by atoms with E-state index >= 15 is 0 Å². The Morgan fingerprint density at radius 1 is 1.23 bits per heavy atom. The van der Waals surface area contributed by atoms with E-state index in [1.807, 2.05) is 24.3 Å². The fourth-order valence-corrected chi connectivity index (χ4v) is 2.87. The molecule has 6 heteroatoms. The lowest BCUT2D eigenvalue weighted by Gasteiger charge is -2.34. The van der Waals surface area contributed by atoms with Crippen molar-refractivity contribution in [2.75, 3.05) is 19.8 Å². The Hall–Kier alpha value is -1.40. The third kappa shape index (κ3) is 5.10. The van der Waals surface area contributed by atoms with Gasteiger partial charge in [-0.15, -0.1) is 0 Å². The van der Waals surface area contributed by atoms with Crippen molar-refractivity contribution in [1.29, 1.82) is 0 Å². The first kappa shape index (κ1) is 17.0. The summed E-state index contributed by atoms with van der Waals surface area (Å²) in [6.45, 7) is 1.51. The van der Waals surface area contributed by atoms with Gasteiger partial charge in [-0.3, -0.25) is 9.59 Å². The van der Waals surface area contributed by atoms with Crippen LogP contribution in [0.25, 0.3) is 0 Å². The minimum atomic E-state index is -0.881. The van der Waals surface area contributed by atoms with Crippen molar-refractivity contribution in [2.45, 2.75) is 31.7 Å². The summed E-state index contributed by atoms with van der Waals surface area (Å²) in [4.78, 5) is 25.1. The lowest BCUT2D eigenvalue weighted by molar-refractivity contribution is -0.140. The van der Waals surface area contributed by atoms with E-state index in [-0.39, 0.29) is 24.9 Å². The van der Waals surface area contributed by atoms with Crippen LogP contribution in [-0.4, -0.2) is 47.7 Å². The van der Waals surface area contributed by atoms with Crippen LogP contribution in [0.3, 0.4) is 0 Å². The Balaban J connectivity index is 2.03. The molecular formula is C16H20BrNO4. The summed E-state index contributed by atoms with van der Waals surface area (Å²) in [5.41, 5.74) is 0.931. The Labute approximate surface area is 138 Å². The summed E-state index contributed by atoms with van der Waals surface area (Å²) in [6.07, 6.45) is 1.81. The van der Waals surface area contributed by atoms with E-state index in [0.717, 1.165) is 22.9 Å². The van der Waals surface area contributed by atoms with Crippen LogP contribution in [0.15, 0.2) is 28.7 Å². The molecule has 0 atom stereocenters. The molecule has 2 rings (SSSR count). The molecule has 1 aliphatic heterocycles. The monoisotopic (exact) mass is 369 g/mol. The van der Waals surface area contributed by atoms with E-state index in [2.05, 4.69) is 15.9 Å². The maximum atomic E-state index is 12.6. The number of hydrogen-bond acceptors (Lipinski definition) is 3. The molecule has 0 aromatic heterocycles. The van der Waals surface area contributed by atoms with E-state index in [0.29, 0.717) is 19.6 Å². The van der Waals surface area contributed by atoms with Crippen molar-refractivity contribution in [3.8, 4) is 0 Å². The van der Waals surface area contributed by atoms with Crippen LogP contribution in [0.5, 0.6) is 0 Å². The molecular weight excluding hydrogens is 350 g/mol. The van der Waals surface area contributed by atoms with Gasteiger partial charge in [-0.25, -0.2) is 0 Å². The Kier molecular flexibility index (Phi) is 6.39. The average Bonchev–Trinajstić information content (AvgIpc) is 2.50. The third-order valence-corrected chi connectivity index (χ3v) is 4.32. The van der Waals surface area contributed by atoms with E-state index < -0.39 is 5.97 Å². The second-order valence-corrected chi connectivity index (χ2v) is 6.29. The highest BCUT2D eigenvalue weighted by atomic mass is 79.9. The fourth-order valence-electron chi connectivity index (χ4n) is 2.60. The second kappa shape index (κ2) is 8.29.